The lowest BCUT2D eigenvalue weighted by Gasteiger charge is -2.16. The summed E-state index contributed by atoms with van der Waals surface area (Å²) in [5.74, 6) is -0.440. The van der Waals surface area contributed by atoms with Gasteiger partial charge in [0.15, 0.2) is 17.5 Å². The highest BCUT2D eigenvalue weighted by Gasteiger charge is 2.22. The monoisotopic (exact) mass is 309 g/mol. The molecule has 1 saturated heterocycles. The average molecular weight is 309 g/mol. The van der Waals surface area contributed by atoms with Gasteiger partial charge in [0.25, 0.3) is 0 Å². The number of rotatable bonds is 4. The van der Waals surface area contributed by atoms with Crippen molar-refractivity contribution in [1.82, 2.24) is 4.90 Å². The summed E-state index contributed by atoms with van der Waals surface area (Å²) in [7, 11) is 1.31. The number of esters is 1. The van der Waals surface area contributed by atoms with Gasteiger partial charge < -0.3 is 25.2 Å². The Morgan fingerprint density at radius 2 is 2.05 bits per heavy atom. The van der Waals surface area contributed by atoms with Crippen molar-refractivity contribution in [2.24, 2.45) is 0 Å². The quantitative estimate of drug-likeness (QED) is 0.779. The smallest absolute Gasteiger partial charge is 0.415 e. The summed E-state index contributed by atoms with van der Waals surface area (Å²) in [6, 6.07) is 4.08. The summed E-state index contributed by atoms with van der Waals surface area (Å²) in [5.41, 5.74) is 4.46. The molecule has 1 aromatic carbocycles. The highest BCUT2D eigenvalue weighted by molar-refractivity contribution is 5.74. The van der Waals surface area contributed by atoms with Crippen molar-refractivity contribution in [2.45, 2.75) is 25.3 Å². The Morgan fingerprint density at radius 3 is 2.68 bits per heavy atom. The molecule has 0 spiro atoms. The molecule has 0 radical (unpaired) electrons. The van der Waals surface area contributed by atoms with Gasteiger partial charge in [-0.3, -0.25) is 0 Å². The molecular formula is C15H21N2O5+. The first-order valence-electron chi connectivity index (χ1n) is 7.21. The number of carbonyl (C=O) groups excluding carboxylic acids is 2. The molecule has 7 heteroatoms. The van der Waals surface area contributed by atoms with E-state index in [1.807, 2.05) is 0 Å². The fourth-order valence-electron chi connectivity index (χ4n) is 2.36. The van der Waals surface area contributed by atoms with Crippen LogP contribution in [0, 0.1) is 0 Å². The second kappa shape index (κ2) is 7.13. The van der Waals surface area contributed by atoms with Crippen LogP contribution in [0.2, 0.25) is 0 Å². The summed E-state index contributed by atoms with van der Waals surface area (Å²) in [4.78, 5) is 25.0. The van der Waals surface area contributed by atoms with Gasteiger partial charge in [-0.2, -0.15) is 0 Å². The van der Waals surface area contributed by atoms with Crippen LogP contribution in [-0.2, 0) is 16.0 Å². The third-order valence-electron chi connectivity index (χ3n) is 3.60. The van der Waals surface area contributed by atoms with Gasteiger partial charge in [-0.25, -0.2) is 9.59 Å². The van der Waals surface area contributed by atoms with E-state index in [1.165, 1.54) is 13.2 Å². The van der Waals surface area contributed by atoms with Gasteiger partial charge in [0, 0.05) is 19.5 Å². The standard InChI is InChI=1S/C15H20N2O5/c1-21-14(19)11(16)8-10-4-5-12(18)13(9-10)22-15(20)17-6-2-3-7-17/h4-5,9,11,18H,2-3,6-8,16H2,1H3/p+1/t11-/m0/s1. The van der Waals surface area contributed by atoms with Gasteiger partial charge in [-0.05, 0) is 30.5 Å². The lowest BCUT2D eigenvalue weighted by atomic mass is 10.1. The van der Waals surface area contributed by atoms with Crippen molar-refractivity contribution < 1.29 is 29.9 Å². The van der Waals surface area contributed by atoms with Crippen molar-refractivity contribution in [2.75, 3.05) is 20.2 Å². The van der Waals surface area contributed by atoms with Crippen LogP contribution >= 0.6 is 0 Å². The van der Waals surface area contributed by atoms with Gasteiger partial charge >= 0.3 is 12.1 Å². The van der Waals surface area contributed by atoms with E-state index in [1.54, 1.807) is 17.0 Å². The van der Waals surface area contributed by atoms with Crippen LogP contribution in [0.25, 0.3) is 0 Å². The van der Waals surface area contributed by atoms with Crippen molar-refractivity contribution in [3.63, 3.8) is 0 Å². The minimum atomic E-state index is -0.559. The van der Waals surface area contributed by atoms with E-state index < -0.39 is 18.1 Å². The van der Waals surface area contributed by atoms with Crippen LogP contribution in [0.5, 0.6) is 11.5 Å². The van der Waals surface area contributed by atoms with E-state index in [0.717, 1.165) is 18.4 Å². The summed E-state index contributed by atoms with van der Waals surface area (Å²) >= 11 is 0. The van der Waals surface area contributed by atoms with Crippen molar-refractivity contribution in [3.8, 4) is 11.5 Å². The highest BCUT2D eigenvalue weighted by Crippen LogP contribution is 2.28. The first kappa shape index (κ1) is 16.1. The van der Waals surface area contributed by atoms with Crippen molar-refractivity contribution in [1.29, 1.82) is 0 Å². The maximum atomic E-state index is 12.0. The summed E-state index contributed by atoms with van der Waals surface area (Å²) < 4.78 is 9.87. The largest absolute Gasteiger partial charge is 0.504 e. The van der Waals surface area contributed by atoms with Crippen LogP contribution < -0.4 is 10.5 Å². The number of ether oxygens (including phenoxy) is 2. The number of likely N-dealkylation sites (tertiary alicyclic amines) is 1. The van der Waals surface area contributed by atoms with Gasteiger partial charge in [0.05, 0.1) is 7.11 Å². The lowest BCUT2D eigenvalue weighted by Crippen LogP contribution is -2.66. The number of methoxy groups -OCH3 is 1. The maximum absolute atomic E-state index is 12.0. The van der Waals surface area contributed by atoms with E-state index in [0.29, 0.717) is 19.5 Å². The number of aromatic hydroxyl groups is 1. The maximum Gasteiger partial charge on any atom is 0.415 e. The van der Waals surface area contributed by atoms with E-state index in [4.69, 9.17) is 4.74 Å². The Balaban J connectivity index is 2.06. The third kappa shape index (κ3) is 3.88. The molecule has 7 nitrogen and oxygen atoms in total. The Hall–Kier alpha value is -2.28. The topological polar surface area (TPSA) is 104 Å². The molecule has 0 aliphatic carbocycles. The fraction of sp³-hybridized carbons (Fsp3) is 0.467. The molecule has 1 fully saturated rings. The van der Waals surface area contributed by atoms with Crippen molar-refractivity contribution >= 4 is 12.1 Å². The first-order valence-corrected chi connectivity index (χ1v) is 7.21. The molecule has 4 N–H and O–H groups in total. The number of carbonyl (C=O) groups is 2. The number of amides is 1. The highest BCUT2D eigenvalue weighted by atomic mass is 16.6. The second-order valence-electron chi connectivity index (χ2n) is 5.29. The summed E-state index contributed by atoms with van der Waals surface area (Å²) in [6.45, 7) is 1.34. The van der Waals surface area contributed by atoms with E-state index in [-0.39, 0.29) is 11.5 Å². The molecule has 1 aliphatic rings. The van der Waals surface area contributed by atoms with Gasteiger partial charge in [-0.1, -0.05) is 6.07 Å². The van der Waals surface area contributed by atoms with E-state index in [9.17, 15) is 14.7 Å². The SMILES string of the molecule is COC(=O)[C@@H]([NH3+])Cc1ccc(O)c(OC(=O)N2CCCC2)c1. The predicted molar refractivity (Wildman–Crippen MR) is 77.3 cm³/mol. The molecule has 22 heavy (non-hydrogen) atoms. The van der Waals surface area contributed by atoms with Gasteiger partial charge in [0.2, 0.25) is 0 Å². The zero-order valence-electron chi connectivity index (χ0n) is 12.6. The summed E-state index contributed by atoms with van der Waals surface area (Å²) in [6.07, 6.45) is 1.79. The molecule has 0 unspecified atom stereocenters. The molecule has 1 aromatic rings. The number of hydrogen-bond acceptors (Lipinski definition) is 5. The van der Waals surface area contributed by atoms with Crippen LogP contribution in [0.15, 0.2) is 18.2 Å². The Kier molecular flexibility index (Phi) is 5.21. The van der Waals surface area contributed by atoms with Crippen LogP contribution in [-0.4, -0.2) is 48.3 Å². The molecule has 0 bridgehead atoms. The molecule has 1 aliphatic heterocycles. The van der Waals surface area contributed by atoms with E-state index in [2.05, 4.69) is 10.5 Å². The fourth-order valence-corrected chi connectivity index (χ4v) is 2.36. The molecule has 0 saturated carbocycles. The average Bonchev–Trinajstić information content (AvgIpc) is 3.04. The molecule has 1 atom stereocenters. The first-order chi connectivity index (χ1) is 10.5. The Labute approximate surface area is 128 Å². The number of quaternary nitrogens is 1. The molecule has 0 aromatic heterocycles. The molecular weight excluding hydrogens is 288 g/mol. The van der Waals surface area contributed by atoms with Crippen LogP contribution in [0.1, 0.15) is 18.4 Å². The van der Waals surface area contributed by atoms with Crippen molar-refractivity contribution in [3.05, 3.63) is 23.8 Å². The number of nitrogens with zero attached hydrogens (tertiary/aromatic N) is 1. The minimum Gasteiger partial charge on any atom is -0.504 e. The Morgan fingerprint density at radius 1 is 1.36 bits per heavy atom. The minimum absolute atomic E-state index is 0.0893. The molecule has 1 heterocycles. The predicted octanol–water partition coefficient (Wildman–Crippen LogP) is 0.313. The molecule has 120 valence electrons. The third-order valence-corrected chi connectivity index (χ3v) is 3.60. The number of benzene rings is 1. The second-order valence-corrected chi connectivity index (χ2v) is 5.29. The van der Waals surface area contributed by atoms with Crippen LogP contribution in [0.3, 0.4) is 0 Å². The van der Waals surface area contributed by atoms with E-state index >= 15 is 0 Å². The van der Waals surface area contributed by atoms with Crippen LogP contribution in [0.4, 0.5) is 4.79 Å². The van der Waals surface area contributed by atoms with Gasteiger partial charge in [0.1, 0.15) is 0 Å². The molecule has 2 rings (SSSR count). The number of phenolic OH excluding ortho intramolecular Hbond substituents is 1. The van der Waals surface area contributed by atoms with Gasteiger partial charge in [-0.15, -0.1) is 0 Å². The zero-order valence-corrected chi connectivity index (χ0v) is 12.6. The molecule has 1 amide bonds. The normalized spacial score (nSPS) is 15.5. The summed E-state index contributed by atoms with van der Waals surface area (Å²) in [5, 5.41) is 9.81. The Bertz CT molecular complexity index is 555. The number of phenols is 1. The zero-order chi connectivity index (χ0) is 16.1. The lowest BCUT2D eigenvalue weighted by molar-refractivity contribution is -0.407. The number of hydrogen-bond donors (Lipinski definition) is 2.